The number of benzene rings is 5. The molecule has 0 N–H and O–H groups in total. The number of anilines is 3. The van der Waals surface area contributed by atoms with Crippen LogP contribution < -0.4 is 4.90 Å². The molecule has 3 heterocycles. The van der Waals surface area contributed by atoms with Crippen LogP contribution in [0.5, 0.6) is 0 Å². The molecule has 0 saturated carbocycles. The van der Waals surface area contributed by atoms with E-state index in [0.717, 1.165) is 86.1 Å². The highest BCUT2D eigenvalue weighted by Crippen LogP contribution is 2.54. The zero-order valence-corrected chi connectivity index (χ0v) is 49.9. The van der Waals surface area contributed by atoms with Crippen LogP contribution in [0, 0.1) is 17.2 Å². The fourth-order valence-electron chi connectivity index (χ4n) is 12.8. The van der Waals surface area contributed by atoms with E-state index in [0.29, 0.717) is 17.7 Å². The molecule has 0 bridgehead atoms. The average Bonchev–Trinajstić information content (AvgIpc) is 4.30. The van der Waals surface area contributed by atoms with Crippen LogP contribution in [0.3, 0.4) is 0 Å². The topological polar surface area (TPSA) is 64.4 Å². The molecule has 0 fully saturated rings. The van der Waals surface area contributed by atoms with Gasteiger partial charge in [-0.15, -0.1) is 22.7 Å². The summed E-state index contributed by atoms with van der Waals surface area (Å²) in [4.78, 5) is 36.9. The second-order valence-electron chi connectivity index (χ2n) is 23.6. The first kappa shape index (κ1) is 55.7. The van der Waals surface area contributed by atoms with Gasteiger partial charge in [0.2, 0.25) is 0 Å². The van der Waals surface area contributed by atoms with Crippen molar-refractivity contribution in [1.82, 2.24) is 4.90 Å². The Morgan fingerprint density at radius 2 is 1.10 bits per heavy atom. The van der Waals surface area contributed by atoms with Gasteiger partial charge in [0.25, 0.3) is 11.8 Å². The summed E-state index contributed by atoms with van der Waals surface area (Å²) in [5.74, 6) is -0.546. The molecule has 0 spiro atoms. The van der Waals surface area contributed by atoms with Crippen molar-refractivity contribution in [2.45, 2.75) is 163 Å². The number of fused-ring (bicyclic) bond motifs is 6. The molecule has 406 valence electrons. The van der Waals surface area contributed by atoms with Crippen LogP contribution >= 0.6 is 22.7 Å². The van der Waals surface area contributed by atoms with Gasteiger partial charge < -0.3 is 4.90 Å². The molecule has 2 aromatic heterocycles. The van der Waals surface area contributed by atoms with Crippen molar-refractivity contribution < 1.29 is 9.59 Å². The summed E-state index contributed by atoms with van der Waals surface area (Å²) in [5, 5.41) is 10.3. The van der Waals surface area contributed by atoms with E-state index >= 15 is 0 Å². The third-order valence-electron chi connectivity index (χ3n) is 17.6. The predicted molar refractivity (Wildman–Crippen MR) is 335 cm³/mol. The summed E-state index contributed by atoms with van der Waals surface area (Å²) in [5.41, 5.74) is 18.7. The van der Waals surface area contributed by atoms with E-state index in [1.54, 1.807) is 18.3 Å². The Bertz CT molecular complexity index is 3410. The Morgan fingerprint density at radius 1 is 0.582 bits per heavy atom. The summed E-state index contributed by atoms with van der Waals surface area (Å²) < 4.78 is 0. The molecule has 5 aromatic carbocycles. The van der Waals surface area contributed by atoms with Gasteiger partial charge in [-0.25, -0.2) is 0 Å². The lowest BCUT2D eigenvalue weighted by Crippen LogP contribution is -2.45. The van der Waals surface area contributed by atoms with Gasteiger partial charge in [-0.05, 0) is 166 Å². The van der Waals surface area contributed by atoms with Crippen LogP contribution in [0.1, 0.15) is 178 Å². The van der Waals surface area contributed by atoms with Gasteiger partial charge in [-0.1, -0.05) is 186 Å². The van der Waals surface area contributed by atoms with E-state index in [9.17, 15) is 14.9 Å². The van der Waals surface area contributed by atoms with Gasteiger partial charge in [0.05, 0.1) is 0 Å². The van der Waals surface area contributed by atoms with Crippen LogP contribution in [-0.4, -0.2) is 23.3 Å². The molecular weight excluding hydrogens is 1000 g/mol. The Hall–Kier alpha value is -6.59. The third kappa shape index (κ3) is 10.7. The van der Waals surface area contributed by atoms with Gasteiger partial charge >= 0.3 is 0 Å². The minimum Gasteiger partial charge on any atom is -0.310 e. The molecule has 1 aliphatic heterocycles. The number of aryl methyl sites for hydroxylation is 2. The Balaban J connectivity index is 1.04. The van der Waals surface area contributed by atoms with Gasteiger partial charge in [0, 0.05) is 59.5 Å². The van der Waals surface area contributed by atoms with Crippen LogP contribution in [0.15, 0.2) is 138 Å². The van der Waals surface area contributed by atoms with E-state index < -0.39 is 5.91 Å². The normalized spacial score (nSPS) is 15.8. The summed E-state index contributed by atoms with van der Waals surface area (Å²) in [6, 6.07) is 48.3. The molecule has 5 nitrogen and oxygen atoms in total. The van der Waals surface area contributed by atoms with E-state index in [1.807, 2.05) is 17.4 Å². The summed E-state index contributed by atoms with van der Waals surface area (Å²) in [7, 11) is 0. The fourth-order valence-corrected chi connectivity index (χ4v) is 15.3. The number of rotatable bonds is 22. The Kier molecular flexibility index (Phi) is 16.7. The lowest BCUT2D eigenvalue weighted by molar-refractivity contribution is -0.141. The number of hydrogen-bond donors (Lipinski definition) is 0. The standard InChI is InChI=1S/C72H79N3O2S2/c1-10-14-17-19-26-50-40-66(78-65(50)44-59-47(5)60(45-73)70(77)74(69(59)76)46-48(13-4)25-16-12-3)67-41-51(27-20-18-15-11-2)68(79-67)49-32-34-52(35-33-49)75(53-36-38-57-55-28-21-23-30-61(55)71(6,7)63(57)42-53)54-37-39-58-56-29-22-24-31-62(56)72(8,9)64(58)43-54/h21-24,28-44,48H,10-20,25-27,46H2,1-9H3/b59-44-. The zero-order chi connectivity index (χ0) is 55.6. The largest absolute Gasteiger partial charge is 0.310 e. The van der Waals surface area contributed by atoms with Gasteiger partial charge in [-0.2, -0.15) is 5.26 Å². The van der Waals surface area contributed by atoms with Crippen LogP contribution in [0.25, 0.3) is 48.5 Å². The Labute approximate surface area is 479 Å². The SMILES string of the molecule is CCCCCCc1cc(-c2cc(CCCCCC)c(-c3ccc(N(c4ccc5c(c4)C(C)(C)c4ccccc4-5)c4ccc5c(c4)C(C)(C)c4ccccc4-5)cc3)s2)sc1/C=C1\C(=O)N(CC(CC)CCCC)C(=O)C(C#N)=C1C. The monoisotopic (exact) mass is 1080 g/mol. The van der Waals surface area contributed by atoms with Crippen molar-refractivity contribution in [3.05, 3.63) is 176 Å². The van der Waals surface area contributed by atoms with Gasteiger partial charge in [0.1, 0.15) is 11.6 Å². The number of carbonyl (C=O) groups excluding carboxylic acids is 2. The second kappa shape index (κ2) is 23.6. The number of hydrogen-bond acceptors (Lipinski definition) is 6. The molecule has 2 aliphatic carbocycles. The summed E-state index contributed by atoms with van der Waals surface area (Å²) in [6.45, 7) is 20.4. The minimum atomic E-state index is -0.459. The number of nitriles is 1. The first-order chi connectivity index (χ1) is 38.2. The first-order valence-electron chi connectivity index (χ1n) is 29.6. The lowest BCUT2D eigenvalue weighted by atomic mass is 9.82. The maximum Gasteiger partial charge on any atom is 0.271 e. The van der Waals surface area contributed by atoms with E-state index in [4.69, 9.17) is 0 Å². The average molecular weight is 1080 g/mol. The highest BCUT2D eigenvalue weighted by Gasteiger charge is 2.39. The van der Waals surface area contributed by atoms with Crippen molar-refractivity contribution in [2.75, 3.05) is 11.4 Å². The first-order valence-corrected chi connectivity index (χ1v) is 31.2. The van der Waals surface area contributed by atoms with E-state index in [1.165, 1.54) is 106 Å². The van der Waals surface area contributed by atoms with Crippen LogP contribution in [0.4, 0.5) is 17.1 Å². The van der Waals surface area contributed by atoms with Crippen LogP contribution in [0.2, 0.25) is 0 Å². The molecule has 79 heavy (non-hydrogen) atoms. The summed E-state index contributed by atoms with van der Waals surface area (Å²) >= 11 is 3.62. The lowest BCUT2D eigenvalue weighted by Gasteiger charge is -2.30. The number of thiophene rings is 2. The fraction of sp³-hybridized carbons (Fsp3) is 0.375. The number of unbranched alkanes of at least 4 members (excludes halogenated alkanes) is 7. The number of imide groups is 1. The highest BCUT2D eigenvalue weighted by molar-refractivity contribution is 7.24. The van der Waals surface area contributed by atoms with E-state index in [2.05, 4.69) is 188 Å². The maximum absolute atomic E-state index is 14.5. The Morgan fingerprint density at radius 3 is 1.66 bits per heavy atom. The molecule has 3 aliphatic rings. The van der Waals surface area contributed by atoms with Gasteiger partial charge in [-0.3, -0.25) is 14.5 Å². The highest BCUT2D eigenvalue weighted by atomic mass is 32.1. The molecular formula is C72H79N3O2S2. The molecule has 1 atom stereocenters. The van der Waals surface area contributed by atoms with E-state index in [-0.39, 0.29) is 28.2 Å². The summed E-state index contributed by atoms with van der Waals surface area (Å²) in [6.07, 6.45) is 17.1. The third-order valence-corrected chi connectivity index (χ3v) is 20.2. The number of nitrogens with zero attached hydrogens (tertiary/aromatic N) is 3. The van der Waals surface area contributed by atoms with Crippen molar-refractivity contribution in [1.29, 1.82) is 5.26 Å². The van der Waals surface area contributed by atoms with Crippen molar-refractivity contribution in [2.24, 2.45) is 5.92 Å². The molecule has 0 saturated heterocycles. The molecule has 7 heteroatoms. The number of amides is 2. The molecule has 1 unspecified atom stereocenters. The molecule has 10 rings (SSSR count). The maximum atomic E-state index is 14.5. The number of carbonyl (C=O) groups is 2. The second-order valence-corrected chi connectivity index (χ2v) is 25.7. The smallest absolute Gasteiger partial charge is 0.271 e. The van der Waals surface area contributed by atoms with Crippen molar-refractivity contribution >= 4 is 57.6 Å². The molecule has 0 radical (unpaired) electrons. The zero-order valence-electron chi connectivity index (χ0n) is 48.3. The van der Waals surface area contributed by atoms with Crippen molar-refractivity contribution in [3.63, 3.8) is 0 Å². The predicted octanol–water partition coefficient (Wildman–Crippen LogP) is 20.3. The minimum absolute atomic E-state index is 0.0756. The van der Waals surface area contributed by atoms with Gasteiger partial charge in [0.15, 0.2) is 0 Å². The van der Waals surface area contributed by atoms with Crippen molar-refractivity contribution in [3.8, 4) is 48.5 Å². The quantitative estimate of drug-likeness (QED) is 0.0385. The van der Waals surface area contributed by atoms with Crippen LogP contribution in [-0.2, 0) is 33.3 Å². The molecule has 2 amide bonds. The molecule has 7 aromatic rings.